The largest absolute Gasteiger partial charge is 0.377 e. The van der Waals surface area contributed by atoms with E-state index in [1.54, 1.807) is 32.8 Å². The van der Waals surface area contributed by atoms with Crippen LogP contribution in [0.25, 0.3) is 0 Å². The van der Waals surface area contributed by atoms with Crippen LogP contribution < -0.4 is 31.9 Å². The minimum Gasteiger partial charge on any atom is -0.377 e. The predicted molar refractivity (Wildman–Crippen MR) is 280 cm³/mol. The lowest BCUT2D eigenvalue weighted by molar-refractivity contribution is -0.144. The highest BCUT2D eigenvalue weighted by atomic mass is 16.5. The van der Waals surface area contributed by atoms with E-state index in [-0.39, 0.29) is 53.6 Å². The van der Waals surface area contributed by atoms with E-state index in [1.807, 2.05) is 64.6 Å². The number of carbonyl (C=O) groups excluding carboxylic acids is 5. The number of amides is 5. The van der Waals surface area contributed by atoms with Crippen molar-refractivity contribution < 1.29 is 38.6 Å². The van der Waals surface area contributed by atoms with E-state index in [2.05, 4.69) is 62.2 Å². The van der Waals surface area contributed by atoms with Gasteiger partial charge in [-0.2, -0.15) is 0 Å². The molecule has 0 spiro atoms. The van der Waals surface area contributed by atoms with Crippen molar-refractivity contribution in [3.63, 3.8) is 0 Å². The number of carbonyl (C=O) groups is 5. The summed E-state index contributed by atoms with van der Waals surface area (Å²) >= 11 is 0. The van der Waals surface area contributed by atoms with Gasteiger partial charge < -0.3 is 51.4 Å². The summed E-state index contributed by atoms with van der Waals surface area (Å²) in [4.78, 5) is 71.1. The molecular formula is C56H88N8O8. The Hall–Kier alpha value is -4.45. The lowest BCUT2D eigenvalue weighted by Crippen LogP contribution is -2.61. The molecule has 16 heteroatoms. The van der Waals surface area contributed by atoms with Crippen LogP contribution in [0, 0.1) is 10.8 Å². The Kier molecular flexibility index (Phi) is 20.3. The summed E-state index contributed by atoms with van der Waals surface area (Å²) in [6, 6.07) is 13.4. The maximum atomic E-state index is 14.0. The maximum absolute atomic E-state index is 14.0. The first-order chi connectivity index (χ1) is 34.2. The van der Waals surface area contributed by atoms with Crippen molar-refractivity contribution in [3.05, 3.63) is 70.8 Å². The van der Waals surface area contributed by atoms with E-state index in [9.17, 15) is 29.1 Å². The Bertz CT molecular complexity index is 2140. The third-order valence-corrected chi connectivity index (χ3v) is 15.7. The van der Waals surface area contributed by atoms with E-state index in [0.29, 0.717) is 52.2 Å². The Morgan fingerprint density at radius 1 is 0.653 bits per heavy atom. The SMILES string of the molecule is CN[C@@H](C)C(=O)N[C@H](C(=O)N1CCC[C@H]1C(=O)NC[C@H]1c2ccccc2C[C@@H]1OCCCCCCO[C@H]1Cc2ccccc2[C@@H]1CNC(=O)C1CCCN1[C@@H](O)[C@@H](NC(=O)[C@H](C)NC)C(C)(C)C)C(C)(C)C. The molecule has 400 valence electrons. The van der Waals surface area contributed by atoms with Gasteiger partial charge in [0.05, 0.1) is 36.4 Å². The lowest BCUT2D eigenvalue weighted by atomic mass is 9.84. The third-order valence-electron chi connectivity index (χ3n) is 15.7. The molecule has 2 fully saturated rings. The number of nitrogens with one attached hydrogen (secondary N) is 6. The molecule has 0 saturated carbocycles. The van der Waals surface area contributed by atoms with Crippen molar-refractivity contribution >= 4 is 29.5 Å². The number of fused-ring (bicyclic) bond motifs is 2. The number of likely N-dealkylation sites (N-methyl/N-ethyl adjacent to an activating group) is 2. The molecular weight excluding hydrogens is 913 g/mol. The second kappa shape index (κ2) is 25.7. The normalized spacial score (nSPS) is 24.2. The monoisotopic (exact) mass is 1000 g/mol. The predicted octanol–water partition coefficient (Wildman–Crippen LogP) is 4.28. The first kappa shape index (κ1) is 56.8. The highest BCUT2D eigenvalue weighted by Gasteiger charge is 2.45. The fraction of sp³-hybridized carbons (Fsp3) is 0.696. The molecule has 7 N–H and O–H groups in total. The van der Waals surface area contributed by atoms with E-state index >= 15 is 0 Å². The van der Waals surface area contributed by atoms with Gasteiger partial charge in [-0.3, -0.25) is 28.9 Å². The summed E-state index contributed by atoms with van der Waals surface area (Å²) in [7, 11) is 3.43. The molecule has 72 heavy (non-hydrogen) atoms. The van der Waals surface area contributed by atoms with Gasteiger partial charge in [-0.1, -0.05) is 103 Å². The minimum atomic E-state index is -1.03. The number of nitrogens with zero attached hydrogens (tertiary/aromatic N) is 2. The van der Waals surface area contributed by atoms with Crippen molar-refractivity contribution in [3.8, 4) is 0 Å². The van der Waals surface area contributed by atoms with E-state index < -0.39 is 53.3 Å². The highest BCUT2D eigenvalue weighted by Crippen LogP contribution is 2.37. The van der Waals surface area contributed by atoms with Crippen LogP contribution in [0.4, 0.5) is 0 Å². The van der Waals surface area contributed by atoms with Crippen molar-refractivity contribution in [2.24, 2.45) is 10.8 Å². The summed E-state index contributed by atoms with van der Waals surface area (Å²) in [5.74, 6) is -0.986. The van der Waals surface area contributed by atoms with Gasteiger partial charge in [-0.05, 0) is 112 Å². The molecule has 1 unspecified atom stereocenters. The van der Waals surface area contributed by atoms with Crippen LogP contribution in [0.15, 0.2) is 48.5 Å². The zero-order valence-electron chi connectivity index (χ0n) is 45.0. The van der Waals surface area contributed by atoms with Crippen LogP contribution in [0.2, 0.25) is 0 Å². The van der Waals surface area contributed by atoms with Crippen LogP contribution in [-0.2, 0) is 46.3 Å². The van der Waals surface area contributed by atoms with Gasteiger partial charge in [0.2, 0.25) is 29.5 Å². The number of ether oxygens (including phenoxy) is 2. The van der Waals surface area contributed by atoms with E-state index in [1.165, 1.54) is 22.3 Å². The van der Waals surface area contributed by atoms with E-state index in [4.69, 9.17) is 9.47 Å². The van der Waals surface area contributed by atoms with E-state index in [0.717, 1.165) is 51.4 Å². The summed E-state index contributed by atoms with van der Waals surface area (Å²) in [6.45, 7) is 18.4. The average Bonchev–Trinajstić information content (AvgIpc) is 4.18. The fourth-order valence-corrected chi connectivity index (χ4v) is 11.0. The first-order valence-corrected chi connectivity index (χ1v) is 26.9. The van der Waals surface area contributed by atoms with Gasteiger partial charge in [0.1, 0.15) is 18.3 Å². The average molecular weight is 1000 g/mol. The molecule has 4 aliphatic rings. The number of aliphatic hydroxyl groups excluding tert-OH is 1. The zero-order valence-corrected chi connectivity index (χ0v) is 45.0. The van der Waals surface area contributed by atoms with Crippen LogP contribution >= 0.6 is 0 Å². The van der Waals surface area contributed by atoms with Gasteiger partial charge in [0.25, 0.3) is 0 Å². The molecule has 2 aromatic carbocycles. The van der Waals surface area contributed by atoms with Crippen molar-refractivity contribution in [2.45, 2.75) is 186 Å². The van der Waals surface area contributed by atoms with Crippen LogP contribution in [0.5, 0.6) is 0 Å². The lowest BCUT2D eigenvalue weighted by Gasteiger charge is -2.41. The number of unbranched alkanes of at least 4 members (excludes halogenated alkanes) is 3. The molecule has 2 saturated heterocycles. The Morgan fingerprint density at radius 3 is 1.62 bits per heavy atom. The van der Waals surface area contributed by atoms with Crippen molar-refractivity contribution in [1.29, 1.82) is 0 Å². The standard InChI is InChI=1S/C56H88N8O8/c1-35(57-9)49(65)61-47(55(3,4)5)53(69)63-27-19-25-43(63)51(67)59-33-41-39-23-15-13-21-37(39)31-45(41)71-29-17-11-12-18-30-72-46-32-38-22-14-16-24-40(38)42(46)34-60-52(68)44-26-20-28-64(44)54(70)48(56(6,7)8)62-50(66)36(2)58-10/h13-16,21-24,35-36,41-48,53,57-58,69H,11-12,17-20,25-34H2,1-10H3,(H,59,67)(H,60,68)(H,61,65)(H,62,66)/t35-,36-,41-,42-,43?,44-,45-,46-,47+,48+,53-/m0/s1. The van der Waals surface area contributed by atoms with Crippen LogP contribution in [0.1, 0.15) is 141 Å². The fourth-order valence-electron chi connectivity index (χ4n) is 11.0. The van der Waals surface area contributed by atoms with Crippen molar-refractivity contribution in [1.82, 2.24) is 41.7 Å². The quantitative estimate of drug-likeness (QED) is 0.0741. The molecule has 0 aromatic heterocycles. The number of benzene rings is 2. The summed E-state index contributed by atoms with van der Waals surface area (Å²) in [5, 5.41) is 30.0. The third kappa shape index (κ3) is 14.2. The number of hydrogen-bond donors (Lipinski definition) is 7. The molecule has 2 aliphatic carbocycles. The topological polar surface area (TPSA) is 203 Å². The Labute approximate surface area is 429 Å². The summed E-state index contributed by atoms with van der Waals surface area (Å²) in [5.41, 5.74) is 3.85. The molecule has 5 amide bonds. The molecule has 11 atom stereocenters. The van der Waals surface area contributed by atoms with Gasteiger partial charge in [0.15, 0.2) is 0 Å². The second-order valence-corrected chi connectivity index (χ2v) is 22.9. The summed E-state index contributed by atoms with van der Waals surface area (Å²) in [6.07, 6.45) is 6.86. The zero-order chi connectivity index (χ0) is 52.3. The maximum Gasteiger partial charge on any atom is 0.246 e. The van der Waals surface area contributed by atoms with Gasteiger partial charge in [-0.25, -0.2) is 0 Å². The molecule has 6 rings (SSSR count). The summed E-state index contributed by atoms with van der Waals surface area (Å²) < 4.78 is 13.2. The van der Waals surface area contributed by atoms with Crippen LogP contribution in [0.3, 0.4) is 0 Å². The van der Waals surface area contributed by atoms with Gasteiger partial charge in [-0.15, -0.1) is 0 Å². The molecule has 0 radical (unpaired) electrons. The van der Waals surface area contributed by atoms with Gasteiger partial charge >= 0.3 is 0 Å². The highest BCUT2D eigenvalue weighted by molar-refractivity contribution is 5.94. The van der Waals surface area contributed by atoms with Crippen LogP contribution in [-0.4, -0.2) is 153 Å². The molecule has 2 heterocycles. The molecule has 2 aromatic rings. The Balaban J connectivity index is 0.951. The second-order valence-electron chi connectivity index (χ2n) is 22.9. The number of hydrogen-bond acceptors (Lipinski definition) is 11. The van der Waals surface area contributed by atoms with Gasteiger partial charge in [0, 0.05) is 51.2 Å². The van der Waals surface area contributed by atoms with Crippen molar-refractivity contribution in [2.75, 3.05) is 53.5 Å². The Morgan fingerprint density at radius 2 is 1.12 bits per heavy atom. The molecule has 2 aliphatic heterocycles. The minimum absolute atomic E-state index is 0.00295. The first-order valence-electron chi connectivity index (χ1n) is 26.9. The number of likely N-dealkylation sites (tertiary alicyclic amines) is 2. The number of aliphatic hydroxyl groups is 1. The number of rotatable bonds is 24. The smallest absolute Gasteiger partial charge is 0.246 e. The molecule has 16 nitrogen and oxygen atoms in total. The molecule has 0 bridgehead atoms.